The van der Waals surface area contributed by atoms with Crippen LogP contribution >= 0.6 is 9.24 Å². The Morgan fingerprint density at radius 2 is 0.722 bits per heavy atom. The lowest BCUT2D eigenvalue weighted by Crippen LogP contribution is -2.22. The molecule has 54 heavy (non-hydrogen) atoms. The second-order valence-corrected chi connectivity index (χ2v) is 17.9. The number of esters is 1. The Bertz CT molecular complexity index is 792. The lowest BCUT2D eigenvalue weighted by Gasteiger charge is -2.35. The average molecular weight is 807 g/mol. The molecule has 8 heteroatoms. The number of unbranched alkanes of at least 4 members (excludes halogenated alkanes) is 29. The van der Waals surface area contributed by atoms with Crippen molar-refractivity contribution in [1.29, 1.82) is 0 Å². The highest BCUT2D eigenvalue weighted by Gasteiger charge is 2.28. The quantitative estimate of drug-likeness (QED) is 0.0286. The van der Waals surface area contributed by atoms with Gasteiger partial charge in [-0.2, -0.15) is 8.42 Å². The van der Waals surface area contributed by atoms with Crippen molar-refractivity contribution in [2.75, 3.05) is 19.4 Å². The van der Waals surface area contributed by atoms with E-state index in [0.29, 0.717) is 18.2 Å². The van der Waals surface area contributed by atoms with Gasteiger partial charge in [0.25, 0.3) is 0 Å². The molecule has 0 saturated carbocycles. The van der Waals surface area contributed by atoms with E-state index in [0.717, 1.165) is 6.42 Å². The zero-order valence-corrected chi connectivity index (χ0v) is 38.7. The number of hydrogen-bond acceptors (Lipinski definition) is 5. The molecule has 0 radical (unpaired) electrons. The van der Waals surface area contributed by atoms with E-state index >= 15 is 0 Å². The maximum atomic E-state index is 11.6. The molecule has 0 aliphatic heterocycles. The average Bonchev–Trinajstić information content (AvgIpc) is 3.14. The highest BCUT2D eigenvalue weighted by Crippen LogP contribution is 2.42. The van der Waals surface area contributed by atoms with Gasteiger partial charge in [-0.25, -0.2) is 4.18 Å². The highest BCUT2D eigenvalue weighted by atomic mass is 32.3. The van der Waals surface area contributed by atoms with E-state index < -0.39 is 10.4 Å². The Morgan fingerprint density at radius 3 is 0.944 bits per heavy atom. The molecule has 0 amide bonds. The molecule has 0 aliphatic rings. The van der Waals surface area contributed by atoms with Gasteiger partial charge in [0, 0.05) is 0 Å². The minimum absolute atomic E-state index is 0.0289. The predicted molar refractivity (Wildman–Crippen MR) is 239 cm³/mol. The fourth-order valence-electron chi connectivity index (χ4n) is 7.89. The van der Waals surface area contributed by atoms with Crippen LogP contribution in [-0.4, -0.2) is 38.3 Å². The van der Waals surface area contributed by atoms with E-state index in [1.54, 1.807) is 0 Å². The summed E-state index contributed by atoms with van der Waals surface area (Å²) in [6.45, 7) is 8.99. The van der Waals surface area contributed by atoms with E-state index in [1.165, 1.54) is 238 Å². The number of hydrogen-bond donors (Lipinski definition) is 1. The zero-order chi connectivity index (χ0) is 40.3. The summed E-state index contributed by atoms with van der Waals surface area (Å²) < 4.78 is 36.0. The van der Waals surface area contributed by atoms with Crippen molar-refractivity contribution >= 4 is 25.6 Å². The summed E-state index contributed by atoms with van der Waals surface area (Å²) in [5.41, 5.74) is 0.553. The van der Waals surface area contributed by atoms with Crippen LogP contribution in [0.3, 0.4) is 0 Å². The summed E-state index contributed by atoms with van der Waals surface area (Å²) in [5, 5.41) is 0. The fourth-order valence-corrected chi connectivity index (χ4v) is 8.30. The molecular weight excluding hydrogens is 712 g/mol. The first-order valence-corrected chi connectivity index (χ1v) is 25.9. The van der Waals surface area contributed by atoms with Gasteiger partial charge in [0.1, 0.15) is 0 Å². The molecule has 0 aromatic rings. The molecule has 0 bridgehead atoms. The van der Waals surface area contributed by atoms with E-state index in [1.807, 2.05) is 0 Å². The summed E-state index contributed by atoms with van der Waals surface area (Å²) in [5.74, 6) is -0.0766. The van der Waals surface area contributed by atoms with Gasteiger partial charge in [-0.3, -0.25) is 9.35 Å². The summed E-state index contributed by atoms with van der Waals surface area (Å²) >= 11 is 0. The molecule has 0 saturated heterocycles. The first kappa shape index (κ1) is 55.9. The zero-order valence-electron chi connectivity index (χ0n) is 36.8. The van der Waals surface area contributed by atoms with E-state index in [9.17, 15) is 13.2 Å². The molecule has 0 aromatic heterocycles. The maximum Gasteiger partial charge on any atom is 0.397 e. The molecule has 6 nitrogen and oxygen atoms in total. The van der Waals surface area contributed by atoms with E-state index in [2.05, 4.69) is 34.2 Å². The van der Waals surface area contributed by atoms with Crippen LogP contribution in [0.4, 0.5) is 0 Å². The SMILES string of the molecule is CCCCCCCCCCCCC(CCCCCCCCCCCC)(CCCCCCCCCCCC)CCCCCOC(=O)CP.CCOS(=O)(=O)O. The molecule has 0 aromatic carbocycles. The second-order valence-electron chi connectivity index (χ2n) is 16.4. The number of carbonyl (C=O) groups excluding carboxylic acids is 1. The van der Waals surface area contributed by atoms with Gasteiger partial charge in [-0.05, 0) is 44.4 Å². The molecule has 0 heterocycles. The molecule has 1 unspecified atom stereocenters. The third-order valence-electron chi connectivity index (χ3n) is 11.2. The second kappa shape index (κ2) is 43.9. The standard InChI is InChI=1S/C44H89O2P.C2H6O4S/c1-4-7-10-13-16-19-22-25-28-32-37-44(40-35-31-36-41-46-43(45)42-47,38-33-29-26-23-20-17-14-11-8-5-2)39-34-30-27-24-21-18-15-12-9-6-3;1-2-6-7(3,4)5/h4-42,47H2,1-3H3;2H2,1H3,(H,3,4,5). The third kappa shape index (κ3) is 44.5. The largest absolute Gasteiger partial charge is 0.465 e. The number of carbonyl (C=O) groups is 1. The molecule has 0 spiro atoms. The molecule has 326 valence electrons. The van der Waals surface area contributed by atoms with Crippen molar-refractivity contribution in [3.05, 3.63) is 0 Å². The van der Waals surface area contributed by atoms with Crippen molar-refractivity contribution < 1.29 is 26.7 Å². The first-order valence-electron chi connectivity index (χ1n) is 23.7. The molecule has 0 fully saturated rings. The molecule has 0 aliphatic carbocycles. The minimum atomic E-state index is -4.17. The Hall–Kier alpha value is -0.230. The van der Waals surface area contributed by atoms with Crippen molar-refractivity contribution in [2.24, 2.45) is 5.41 Å². The van der Waals surface area contributed by atoms with Gasteiger partial charge < -0.3 is 4.74 Å². The number of ether oxygens (including phenoxy) is 1. The minimum Gasteiger partial charge on any atom is -0.465 e. The first-order chi connectivity index (χ1) is 26.2. The smallest absolute Gasteiger partial charge is 0.397 e. The third-order valence-corrected chi connectivity index (χ3v) is 12.1. The van der Waals surface area contributed by atoms with Gasteiger partial charge in [0.15, 0.2) is 0 Å². The van der Waals surface area contributed by atoms with Gasteiger partial charge in [0.2, 0.25) is 0 Å². The summed E-state index contributed by atoms with van der Waals surface area (Å²) in [6.07, 6.45) is 52.8. The maximum absolute atomic E-state index is 11.6. The van der Waals surface area contributed by atoms with Gasteiger partial charge in [-0.15, -0.1) is 9.24 Å². The Labute approximate surface area is 341 Å². The lowest BCUT2D eigenvalue weighted by molar-refractivity contribution is -0.140. The highest BCUT2D eigenvalue weighted by molar-refractivity contribution is 7.80. The normalized spacial score (nSPS) is 11.8. The van der Waals surface area contributed by atoms with E-state index in [-0.39, 0.29) is 12.6 Å². The van der Waals surface area contributed by atoms with Gasteiger partial charge in [-0.1, -0.05) is 226 Å². The van der Waals surface area contributed by atoms with Crippen molar-refractivity contribution in [1.82, 2.24) is 0 Å². The molecular formula is C46H95O6PS. The van der Waals surface area contributed by atoms with Crippen LogP contribution in [0.25, 0.3) is 0 Å². The summed E-state index contributed by atoms with van der Waals surface area (Å²) in [7, 11) is -1.69. The van der Waals surface area contributed by atoms with Crippen LogP contribution < -0.4 is 0 Å². The van der Waals surface area contributed by atoms with Crippen molar-refractivity contribution in [3.63, 3.8) is 0 Å². The topological polar surface area (TPSA) is 89.9 Å². The fraction of sp³-hybridized carbons (Fsp3) is 0.978. The Kier molecular flexibility index (Phi) is 45.4. The Morgan fingerprint density at radius 1 is 0.463 bits per heavy atom. The van der Waals surface area contributed by atoms with Crippen molar-refractivity contribution in [2.45, 2.75) is 265 Å². The Balaban J connectivity index is 0. The van der Waals surface area contributed by atoms with Crippen LogP contribution in [0.2, 0.25) is 0 Å². The molecule has 1 atom stereocenters. The van der Waals surface area contributed by atoms with Crippen LogP contribution in [0, 0.1) is 5.41 Å². The monoisotopic (exact) mass is 807 g/mol. The molecule has 1 N–H and O–H groups in total. The predicted octanol–water partition coefficient (Wildman–Crippen LogP) is 15.7. The van der Waals surface area contributed by atoms with Crippen LogP contribution in [0.5, 0.6) is 0 Å². The van der Waals surface area contributed by atoms with Crippen LogP contribution in [-0.2, 0) is 24.1 Å². The summed E-state index contributed by atoms with van der Waals surface area (Å²) in [4.78, 5) is 11.6. The van der Waals surface area contributed by atoms with Crippen molar-refractivity contribution in [3.8, 4) is 0 Å². The lowest BCUT2D eigenvalue weighted by atomic mass is 9.70. The molecule has 0 rings (SSSR count). The van der Waals surface area contributed by atoms with E-state index in [4.69, 9.17) is 9.29 Å². The van der Waals surface area contributed by atoms with Gasteiger partial charge in [0.05, 0.1) is 19.4 Å². The number of rotatable bonds is 42. The van der Waals surface area contributed by atoms with Crippen LogP contribution in [0.1, 0.15) is 265 Å². The van der Waals surface area contributed by atoms with Gasteiger partial charge >= 0.3 is 16.4 Å². The summed E-state index contributed by atoms with van der Waals surface area (Å²) in [6, 6.07) is 0. The van der Waals surface area contributed by atoms with Crippen LogP contribution in [0.15, 0.2) is 0 Å².